The van der Waals surface area contributed by atoms with E-state index in [4.69, 9.17) is 11.0 Å². The highest BCUT2D eigenvalue weighted by molar-refractivity contribution is 5.11. The minimum atomic E-state index is -0.611. The van der Waals surface area contributed by atoms with Crippen LogP contribution in [0.15, 0.2) is 12.7 Å². The summed E-state index contributed by atoms with van der Waals surface area (Å²) in [5.74, 6) is 0.298. The molecular weight excluding hydrogens is 190 g/mol. The highest BCUT2D eigenvalue weighted by atomic mass is 15.3. The van der Waals surface area contributed by atoms with Crippen LogP contribution in [-0.4, -0.2) is 20.3 Å². The van der Waals surface area contributed by atoms with Crippen LogP contribution in [0, 0.1) is 17.2 Å². The quantitative estimate of drug-likeness (QED) is 0.787. The Balaban J connectivity index is 1.93. The molecule has 2 unspecified atom stereocenters. The summed E-state index contributed by atoms with van der Waals surface area (Å²) in [7, 11) is 0. The van der Waals surface area contributed by atoms with E-state index in [0.29, 0.717) is 5.92 Å². The van der Waals surface area contributed by atoms with Crippen LogP contribution in [0.4, 0.5) is 0 Å². The Morgan fingerprint density at radius 1 is 1.67 bits per heavy atom. The Morgan fingerprint density at radius 2 is 2.53 bits per heavy atom. The first-order valence-corrected chi connectivity index (χ1v) is 5.27. The maximum absolute atomic E-state index is 9.04. The molecule has 1 aliphatic carbocycles. The van der Waals surface area contributed by atoms with Gasteiger partial charge >= 0.3 is 0 Å². The van der Waals surface area contributed by atoms with Crippen LogP contribution in [0.2, 0.25) is 0 Å². The van der Waals surface area contributed by atoms with Gasteiger partial charge in [0.15, 0.2) is 0 Å². The predicted molar refractivity (Wildman–Crippen MR) is 54.5 cm³/mol. The number of rotatable bonds is 3. The number of nitrogens with two attached hydrogens (primary N) is 1. The summed E-state index contributed by atoms with van der Waals surface area (Å²) in [6.45, 7) is 0.797. The smallest absolute Gasteiger partial charge is 0.137 e. The Morgan fingerprint density at radius 3 is 3.20 bits per heavy atom. The summed E-state index contributed by atoms with van der Waals surface area (Å²) < 4.78 is 1.79. The Hall–Kier alpha value is -1.41. The lowest BCUT2D eigenvalue weighted by Crippen LogP contribution is -2.42. The molecule has 1 saturated carbocycles. The molecule has 5 nitrogen and oxygen atoms in total. The average Bonchev–Trinajstić information content (AvgIpc) is 2.85. The van der Waals surface area contributed by atoms with Gasteiger partial charge in [-0.25, -0.2) is 4.98 Å². The van der Waals surface area contributed by atoms with Crippen LogP contribution in [0.1, 0.15) is 25.7 Å². The number of aryl methyl sites for hydroxylation is 1. The van der Waals surface area contributed by atoms with Crippen LogP contribution in [0.25, 0.3) is 0 Å². The predicted octanol–water partition coefficient (Wildman–Crippen LogP) is 0.689. The van der Waals surface area contributed by atoms with Crippen LogP contribution >= 0.6 is 0 Å². The SMILES string of the molecule is N#CC1(N)CCCC1CCn1cncn1. The van der Waals surface area contributed by atoms with Gasteiger partial charge in [0, 0.05) is 6.54 Å². The third-order valence-electron chi connectivity index (χ3n) is 3.25. The third-order valence-corrected chi connectivity index (χ3v) is 3.25. The molecule has 2 atom stereocenters. The van der Waals surface area contributed by atoms with Crippen molar-refractivity contribution in [2.75, 3.05) is 0 Å². The molecule has 0 saturated heterocycles. The van der Waals surface area contributed by atoms with E-state index in [-0.39, 0.29) is 0 Å². The molecule has 1 fully saturated rings. The summed E-state index contributed by atoms with van der Waals surface area (Å²) in [6, 6.07) is 2.25. The van der Waals surface area contributed by atoms with Gasteiger partial charge in [0.05, 0.1) is 6.07 Å². The normalized spacial score (nSPS) is 30.3. The first kappa shape index (κ1) is 10.1. The average molecular weight is 205 g/mol. The number of hydrogen-bond donors (Lipinski definition) is 1. The van der Waals surface area contributed by atoms with Crippen molar-refractivity contribution in [2.24, 2.45) is 11.7 Å². The second-order valence-electron chi connectivity index (χ2n) is 4.19. The van der Waals surface area contributed by atoms with Gasteiger partial charge in [0.2, 0.25) is 0 Å². The van der Waals surface area contributed by atoms with Crippen LogP contribution in [0.5, 0.6) is 0 Å². The van der Waals surface area contributed by atoms with E-state index in [2.05, 4.69) is 16.2 Å². The zero-order valence-electron chi connectivity index (χ0n) is 8.63. The second-order valence-corrected chi connectivity index (χ2v) is 4.19. The van der Waals surface area contributed by atoms with Gasteiger partial charge in [-0.3, -0.25) is 4.68 Å². The molecule has 0 bridgehead atoms. The maximum Gasteiger partial charge on any atom is 0.137 e. The second kappa shape index (κ2) is 3.99. The molecule has 2 rings (SSSR count). The molecule has 1 aromatic rings. The van der Waals surface area contributed by atoms with Gasteiger partial charge < -0.3 is 5.73 Å². The molecule has 0 radical (unpaired) electrons. The van der Waals surface area contributed by atoms with Crippen molar-refractivity contribution in [1.82, 2.24) is 14.8 Å². The largest absolute Gasteiger partial charge is 0.313 e. The molecule has 0 amide bonds. The lowest BCUT2D eigenvalue weighted by atomic mass is 9.87. The van der Waals surface area contributed by atoms with Crippen LogP contribution in [0.3, 0.4) is 0 Å². The fourth-order valence-electron chi connectivity index (χ4n) is 2.29. The molecule has 0 aromatic carbocycles. The first-order chi connectivity index (χ1) is 7.24. The van der Waals surface area contributed by atoms with Gasteiger partial charge in [-0.05, 0) is 25.2 Å². The molecule has 80 valence electrons. The molecular formula is C10H15N5. The Kier molecular flexibility index (Phi) is 2.69. The van der Waals surface area contributed by atoms with E-state index >= 15 is 0 Å². The number of aromatic nitrogens is 3. The fraction of sp³-hybridized carbons (Fsp3) is 0.700. The van der Waals surface area contributed by atoms with E-state index < -0.39 is 5.54 Å². The summed E-state index contributed by atoms with van der Waals surface area (Å²) in [6.07, 6.45) is 7.07. The highest BCUT2D eigenvalue weighted by Gasteiger charge is 2.39. The van der Waals surface area contributed by atoms with Crippen molar-refractivity contribution >= 4 is 0 Å². The number of nitrogens with zero attached hydrogens (tertiary/aromatic N) is 4. The summed E-state index contributed by atoms with van der Waals surface area (Å²) in [5, 5.41) is 13.1. The Labute approximate surface area is 88.9 Å². The fourth-order valence-corrected chi connectivity index (χ4v) is 2.29. The van der Waals surface area contributed by atoms with Crippen LogP contribution < -0.4 is 5.73 Å². The highest BCUT2D eigenvalue weighted by Crippen LogP contribution is 2.35. The minimum absolute atomic E-state index is 0.298. The third kappa shape index (κ3) is 2.00. The van der Waals surface area contributed by atoms with Gasteiger partial charge in [-0.1, -0.05) is 6.42 Å². The van der Waals surface area contributed by atoms with Crippen molar-refractivity contribution in [3.05, 3.63) is 12.7 Å². The molecule has 15 heavy (non-hydrogen) atoms. The van der Waals surface area contributed by atoms with E-state index in [1.165, 1.54) is 6.33 Å². The van der Waals surface area contributed by atoms with Crippen molar-refractivity contribution in [1.29, 1.82) is 5.26 Å². The first-order valence-electron chi connectivity index (χ1n) is 5.27. The molecule has 1 aromatic heterocycles. The van der Waals surface area contributed by atoms with Crippen LogP contribution in [-0.2, 0) is 6.54 Å². The zero-order valence-corrected chi connectivity index (χ0v) is 8.63. The summed E-state index contributed by atoms with van der Waals surface area (Å²) in [4.78, 5) is 3.88. The molecule has 0 aliphatic heterocycles. The van der Waals surface area contributed by atoms with E-state index in [9.17, 15) is 0 Å². The van der Waals surface area contributed by atoms with Gasteiger partial charge in [0.1, 0.15) is 18.2 Å². The molecule has 2 N–H and O–H groups in total. The lowest BCUT2D eigenvalue weighted by Gasteiger charge is -2.23. The lowest BCUT2D eigenvalue weighted by molar-refractivity contribution is 0.346. The van der Waals surface area contributed by atoms with E-state index in [1.54, 1.807) is 11.0 Å². The maximum atomic E-state index is 9.04. The van der Waals surface area contributed by atoms with Crippen molar-refractivity contribution in [2.45, 2.75) is 37.8 Å². The molecule has 1 heterocycles. The van der Waals surface area contributed by atoms with Gasteiger partial charge in [-0.15, -0.1) is 0 Å². The Bertz CT molecular complexity index is 352. The summed E-state index contributed by atoms with van der Waals surface area (Å²) in [5.41, 5.74) is 5.43. The minimum Gasteiger partial charge on any atom is -0.313 e. The standard InChI is InChI=1S/C10H15N5/c11-6-10(12)4-1-2-9(10)3-5-15-8-13-7-14-15/h7-9H,1-5,12H2. The topological polar surface area (TPSA) is 80.5 Å². The molecule has 5 heteroatoms. The van der Waals surface area contributed by atoms with Gasteiger partial charge in [0.25, 0.3) is 0 Å². The van der Waals surface area contributed by atoms with E-state index in [1.807, 2.05) is 0 Å². The van der Waals surface area contributed by atoms with E-state index in [0.717, 1.165) is 32.2 Å². The number of nitriles is 1. The monoisotopic (exact) mass is 205 g/mol. The molecule has 1 aliphatic rings. The number of hydrogen-bond acceptors (Lipinski definition) is 4. The van der Waals surface area contributed by atoms with Gasteiger partial charge in [-0.2, -0.15) is 10.4 Å². The van der Waals surface area contributed by atoms with Crippen molar-refractivity contribution in [3.8, 4) is 6.07 Å². The van der Waals surface area contributed by atoms with Crippen molar-refractivity contribution in [3.63, 3.8) is 0 Å². The van der Waals surface area contributed by atoms with Crippen molar-refractivity contribution < 1.29 is 0 Å². The summed E-state index contributed by atoms with van der Waals surface area (Å²) >= 11 is 0. The zero-order chi connectivity index (χ0) is 10.7. The molecule has 0 spiro atoms.